The molecule has 5 nitrogen and oxygen atoms in total. The van der Waals surface area contributed by atoms with Crippen LogP contribution in [0.4, 0.5) is 15.8 Å². The summed E-state index contributed by atoms with van der Waals surface area (Å²) in [7, 11) is 1.82. The third-order valence-corrected chi connectivity index (χ3v) is 4.14. The standard InChI is InChI=1S/C14H17FN4OS/c1-8-14(9(2)19(3)18-8)17-13(20)7-21-12-5-4-10(16)6-11(12)15/h4-6H,7,16H2,1-3H3,(H,17,20). The number of carbonyl (C=O) groups excluding carboxylic acids is 1. The first-order valence-electron chi connectivity index (χ1n) is 6.36. The van der Waals surface area contributed by atoms with Crippen LogP contribution in [0.15, 0.2) is 23.1 Å². The van der Waals surface area contributed by atoms with Crippen LogP contribution in [0.25, 0.3) is 0 Å². The molecule has 0 radical (unpaired) electrons. The van der Waals surface area contributed by atoms with E-state index in [1.54, 1.807) is 16.8 Å². The van der Waals surface area contributed by atoms with Gasteiger partial charge in [0.15, 0.2) is 0 Å². The number of nitrogens with one attached hydrogen (secondary N) is 1. The second-order valence-electron chi connectivity index (χ2n) is 4.70. The molecule has 0 unspecified atom stereocenters. The van der Waals surface area contributed by atoms with E-state index in [4.69, 9.17) is 5.73 Å². The van der Waals surface area contributed by atoms with E-state index in [0.717, 1.165) is 23.1 Å². The van der Waals surface area contributed by atoms with Crippen molar-refractivity contribution in [2.24, 2.45) is 7.05 Å². The van der Waals surface area contributed by atoms with Gasteiger partial charge in [0.05, 0.1) is 22.8 Å². The monoisotopic (exact) mass is 308 g/mol. The fourth-order valence-electron chi connectivity index (χ4n) is 1.91. The molecule has 0 fully saturated rings. The Kier molecular flexibility index (Phi) is 4.52. The van der Waals surface area contributed by atoms with Gasteiger partial charge in [0.25, 0.3) is 0 Å². The molecule has 0 bridgehead atoms. The van der Waals surface area contributed by atoms with Gasteiger partial charge in [0.2, 0.25) is 5.91 Å². The molecule has 1 heterocycles. The van der Waals surface area contributed by atoms with Crippen molar-refractivity contribution in [1.29, 1.82) is 0 Å². The molecule has 2 aromatic rings. The SMILES string of the molecule is Cc1nn(C)c(C)c1NC(=O)CSc1ccc(N)cc1F. The van der Waals surface area contributed by atoms with Gasteiger partial charge in [-0.05, 0) is 32.0 Å². The minimum Gasteiger partial charge on any atom is -0.399 e. The molecule has 0 saturated carbocycles. The molecule has 2 rings (SSSR count). The quantitative estimate of drug-likeness (QED) is 0.672. The normalized spacial score (nSPS) is 10.7. The van der Waals surface area contributed by atoms with Crippen molar-refractivity contribution in [3.8, 4) is 0 Å². The maximum atomic E-state index is 13.6. The molecule has 1 amide bonds. The lowest BCUT2D eigenvalue weighted by Crippen LogP contribution is -2.15. The minimum atomic E-state index is -0.415. The number of amides is 1. The van der Waals surface area contributed by atoms with Gasteiger partial charge in [0.1, 0.15) is 5.82 Å². The zero-order valence-corrected chi connectivity index (χ0v) is 12.9. The maximum absolute atomic E-state index is 13.6. The fourth-order valence-corrected chi connectivity index (χ4v) is 2.63. The Labute approximate surface area is 126 Å². The van der Waals surface area contributed by atoms with Crippen LogP contribution in [0.1, 0.15) is 11.4 Å². The molecular weight excluding hydrogens is 291 g/mol. The first kappa shape index (κ1) is 15.4. The Balaban J connectivity index is 1.99. The van der Waals surface area contributed by atoms with Crippen molar-refractivity contribution in [3.05, 3.63) is 35.4 Å². The number of nitrogens with zero attached hydrogens (tertiary/aromatic N) is 2. The predicted molar refractivity (Wildman–Crippen MR) is 82.8 cm³/mol. The molecule has 1 aromatic heterocycles. The molecule has 112 valence electrons. The topological polar surface area (TPSA) is 72.9 Å². The Morgan fingerprint density at radius 2 is 2.19 bits per heavy atom. The van der Waals surface area contributed by atoms with Crippen molar-refractivity contribution in [2.45, 2.75) is 18.7 Å². The summed E-state index contributed by atoms with van der Waals surface area (Å²) in [6.07, 6.45) is 0. The summed E-state index contributed by atoms with van der Waals surface area (Å²) in [5, 5.41) is 7.04. The summed E-state index contributed by atoms with van der Waals surface area (Å²) in [5.41, 5.74) is 8.19. The number of nitrogens with two attached hydrogens (primary N) is 1. The lowest BCUT2D eigenvalue weighted by Gasteiger charge is -2.06. The number of nitrogen functional groups attached to an aromatic ring is 1. The highest BCUT2D eigenvalue weighted by atomic mass is 32.2. The van der Waals surface area contributed by atoms with Gasteiger partial charge in [-0.1, -0.05) is 0 Å². The van der Waals surface area contributed by atoms with Crippen LogP contribution in [0, 0.1) is 19.7 Å². The van der Waals surface area contributed by atoms with Crippen molar-refractivity contribution in [2.75, 3.05) is 16.8 Å². The maximum Gasteiger partial charge on any atom is 0.234 e. The van der Waals surface area contributed by atoms with Gasteiger partial charge in [-0.3, -0.25) is 9.48 Å². The Bertz CT molecular complexity index is 684. The lowest BCUT2D eigenvalue weighted by atomic mass is 10.3. The molecule has 0 atom stereocenters. The third kappa shape index (κ3) is 3.55. The molecule has 0 aliphatic rings. The highest BCUT2D eigenvalue weighted by Gasteiger charge is 2.13. The second kappa shape index (κ2) is 6.17. The molecule has 0 aliphatic heterocycles. The number of thioether (sulfide) groups is 1. The molecule has 7 heteroatoms. The first-order valence-corrected chi connectivity index (χ1v) is 7.35. The van der Waals surface area contributed by atoms with Gasteiger partial charge in [-0.25, -0.2) is 4.39 Å². The van der Waals surface area contributed by atoms with Gasteiger partial charge in [-0.2, -0.15) is 5.10 Å². The first-order chi connectivity index (χ1) is 9.88. The van der Waals surface area contributed by atoms with Gasteiger partial charge in [0, 0.05) is 17.6 Å². The van der Waals surface area contributed by atoms with Crippen molar-refractivity contribution < 1.29 is 9.18 Å². The number of aromatic nitrogens is 2. The highest BCUT2D eigenvalue weighted by Crippen LogP contribution is 2.24. The fraction of sp³-hybridized carbons (Fsp3) is 0.286. The predicted octanol–water partition coefficient (Wildman–Crippen LogP) is 2.49. The molecule has 1 aromatic carbocycles. The van der Waals surface area contributed by atoms with Crippen LogP contribution >= 0.6 is 11.8 Å². The van der Waals surface area contributed by atoms with E-state index in [2.05, 4.69) is 10.4 Å². The summed E-state index contributed by atoms with van der Waals surface area (Å²) in [6.45, 7) is 3.71. The lowest BCUT2D eigenvalue weighted by molar-refractivity contribution is -0.113. The molecule has 0 aliphatic carbocycles. The van der Waals surface area contributed by atoms with Crippen LogP contribution in [0.3, 0.4) is 0 Å². The summed E-state index contributed by atoms with van der Waals surface area (Å²) >= 11 is 1.13. The number of hydrogen-bond acceptors (Lipinski definition) is 4. The zero-order valence-electron chi connectivity index (χ0n) is 12.1. The number of rotatable bonds is 4. The average molecular weight is 308 g/mol. The average Bonchev–Trinajstić information content (AvgIpc) is 2.64. The molecule has 0 spiro atoms. The largest absolute Gasteiger partial charge is 0.399 e. The highest BCUT2D eigenvalue weighted by molar-refractivity contribution is 8.00. The van der Waals surface area contributed by atoms with E-state index in [-0.39, 0.29) is 11.7 Å². The number of carbonyl (C=O) groups is 1. The summed E-state index contributed by atoms with van der Waals surface area (Å²) in [6, 6.07) is 4.43. The zero-order chi connectivity index (χ0) is 15.6. The summed E-state index contributed by atoms with van der Waals surface area (Å²) in [5.74, 6) is -0.494. The van der Waals surface area contributed by atoms with E-state index in [9.17, 15) is 9.18 Å². The van der Waals surface area contributed by atoms with Gasteiger partial charge >= 0.3 is 0 Å². The Morgan fingerprint density at radius 3 is 2.76 bits per heavy atom. The Hall–Kier alpha value is -2.02. The van der Waals surface area contributed by atoms with Crippen LogP contribution in [-0.2, 0) is 11.8 Å². The second-order valence-corrected chi connectivity index (χ2v) is 5.71. The number of anilines is 2. The van der Waals surface area contributed by atoms with Crippen LogP contribution < -0.4 is 11.1 Å². The van der Waals surface area contributed by atoms with Crippen molar-refractivity contribution in [3.63, 3.8) is 0 Å². The van der Waals surface area contributed by atoms with Crippen molar-refractivity contribution >= 4 is 29.0 Å². The van der Waals surface area contributed by atoms with Crippen LogP contribution in [0.5, 0.6) is 0 Å². The van der Waals surface area contributed by atoms with Crippen LogP contribution in [0.2, 0.25) is 0 Å². The third-order valence-electron chi connectivity index (χ3n) is 3.09. The van der Waals surface area contributed by atoms with Gasteiger partial charge < -0.3 is 11.1 Å². The summed E-state index contributed by atoms with van der Waals surface area (Å²) < 4.78 is 15.3. The van der Waals surface area contributed by atoms with E-state index in [0.29, 0.717) is 16.3 Å². The van der Waals surface area contributed by atoms with E-state index in [1.165, 1.54) is 6.07 Å². The number of hydrogen-bond donors (Lipinski definition) is 2. The van der Waals surface area contributed by atoms with Crippen LogP contribution in [-0.4, -0.2) is 21.4 Å². The van der Waals surface area contributed by atoms with E-state index in [1.807, 2.05) is 20.9 Å². The molecule has 3 N–H and O–H groups in total. The van der Waals surface area contributed by atoms with E-state index >= 15 is 0 Å². The minimum absolute atomic E-state index is 0.120. The van der Waals surface area contributed by atoms with Gasteiger partial charge in [-0.15, -0.1) is 11.8 Å². The van der Waals surface area contributed by atoms with E-state index < -0.39 is 5.82 Å². The molecule has 21 heavy (non-hydrogen) atoms. The molecule has 0 saturated heterocycles. The number of benzene rings is 1. The smallest absolute Gasteiger partial charge is 0.234 e. The molecular formula is C14H17FN4OS. The summed E-state index contributed by atoms with van der Waals surface area (Å²) in [4.78, 5) is 12.4. The number of aryl methyl sites for hydroxylation is 2. The number of halogens is 1. The van der Waals surface area contributed by atoms with Crippen molar-refractivity contribution in [1.82, 2.24) is 9.78 Å². The Morgan fingerprint density at radius 1 is 1.48 bits per heavy atom.